The molecule has 100 valence electrons. The van der Waals surface area contributed by atoms with Gasteiger partial charge in [-0.3, -0.25) is 0 Å². The molecule has 0 aliphatic rings. The zero-order chi connectivity index (χ0) is 14.2. The lowest BCUT2D eigenvalue weighted by Gasteiger charge is -2.15. The molecule has 0 saturated heterocycles. The fourth-order valence-electron chi connectivity index (χ4n) is 1.96. The van der Waals surface area contributed by atoms with Crippen molar-refractivity contribution in [1.29, 1.82) is 0 Å². The minimum Gasteiger partial charge on any atom is -0.207 e. The minimum absolute atomic E-state index is 0.269. The van der Waals surface area contributed by atoms with E-state index in [1.54, 1.807) is 25.1 Å². The highest BCUT2D eigenvalue weighted by Gasteiger charge is 2.19. The molecular formula is C15H12Cl2F2. The average molecular weight is 301 g/mol. The molecule has 2 rings (SSSR count). The second kappa shape index (κ2) is 5.48. The summed E-state index contributed by atoms with van der Waals surface area (Å²) in [5.74, 6) is -1.21. The zero-order valence-electron chi connectivity index (χ0n) is 10.5. The van der Waals surface area contributed by atoms with Crippen LogP contribution in [0.3, 0.4) is 0 Å². The summed E-state index contributed by atoms with van der Waals surface area (Å²) < 4.78 is 27.1. The Hall–Kier alpha value is -1.12. The number of benzene rings is 2. The molecule has 4 heteroatoms. The predicted molar refractivity (Wildman–Crippen MR) is 75.0 cm³/mol. The summed E-state index contributed by atoms with van der Waals surface area (Å²) >= 11 is 12.2. The van der Waals surface area contributed by atoms with Crippen molar-refractivity contribution in [3.05, 3.63) is 69.2 Å². The van der Waals surface area contributed by atoms with Crippen molar-refractivity contribution in [2.24, 2.45) is 0 Å². The van der Waals surface area contributed by atoms with Gasteiger partial charge in [0, 0.05) is 16.7 Å². The lowest BCUT2D eigenvalue weighted by atomic mass is 9.98. The first-order chi connectivity index (χ1) is 8.90. The van der Waals surface area contributed by atoms with Gasteiger partial charge in [0.1, 0.15) is 11.6 Å². The van der Waals surface area contributed by atoms with Crippen molar-refractivity contribution < 1.29 is 8.78 Å². The van der Waals surface area contributed by atoms with E-state index in [-0.39, 0.29) is 5.56 Å². The Bertz CT molecular complexity index is 624. The molecule has 0 spiro atoms. The average Bonchev–Trinajstić information content (AvgIpc) is 2.33. The Morgan fingerprint density at radius 2 is 1.58 bits per heavy atom. The molecule has 0 nitrogen and oxygen atoms in total. The maximum atomic E-state index is 13.8. The van der Waals surface area contributed by atoms with Gasteiger partial charge in [-0.1, -0.05) is 17.7 Å². The Balaban J connectivity index is 2.49. The van der Waals surface area contributed by atoms with E-state index in [4.69, 9.17) is 23.2 Å². The van der Waals surface area contributed by atoms with Gasteiger partial charge in [0.15, 0.2) is 0 Å². The third kappa shape index (κ3) is 2.90. The molecule has 0 heterocycles. The van der Waals surface area contributed by atoms with Crippen molar-refractivity contribution in [3.63, 3.8) is 0 Å². The molecule has 0 saturated carbocycles. The molecule has 0 N–H and O–H groups in total. The van der Waals surface area contributed by atoms with Gasteiger partial charge in [-0.2, -0.15) is 0 Å². The summed E-state index contributed by atoms with van der Waals surface area (Å²) in [6.45, 7) is 3.43. The van der Waals surface area contributed by atoms with E-state index in [1.165, 1.54) is 6.07 Å². The molecule has 0 aromatic heterocycles. The monoisotopic (exact) mass is 300 g/mol. The molecule has 1 unspecified atom stereocenters. The fourth-order valence-corrected chi connectivity index (χ4v) is 2.60. The summed E-state index contributed by atoms with van der Waals surface area (Å²) in [7, 11) is 0. The number of halogens is 4. The molecule has 19 heavy (non-hydrogen) atoms. The van der Waals surface area contributed by atoms with Crippen molar-refractivity contribution in [3.8, 4) is 0 Å². The van der Waals surface area contributed by atoms with Crippen molar-refractivity contribution >= 4 is 23.2 Å². The molecule has 0 aliphatic carbocycles. The van der Waals surface area contributed by atoms with Crippen LogP contribution in [0.15, 0.2) is 30.3 Å². The normalized spacial score (nSPS) is 12.5. The molecular weight excluding hydrogens is 289 g/mol. The van der Waals surface area contributed by atoms with Crippen LogP contribution in [-0.2, 0) is 0 Å². The fraction of sp³-hybridized carbons (Fsp3) is 0.200. The highest BCUT2D eigenvalue weighted by Crippen LogP contribution is 2.34. The number of rotatable bonds is 2. The van der Waals surface area contributed by atoms with Crippen LogP contribution in [0.5, 0.6) is 0 Å². The van der Waals surface area contributed by atoms with Gasteiger partial charge < -0.3 is 0 Å². The second-order valence-electron chi connectivity index (χ2n) is 4.49. The number of aryl methyl sites for hydroxylation is 2. The van der Waals surface area contributed by atoms with Crippen molar-refractivity contribution in [2.45, 2.75) is 19.2 Å². The molecule has 0 amide bonds. The highest BCUT2D eigenvalue weighted by atomic mass is 35.5. The zero-order valence-corrected chi connectivity index (χ0v) is 12.0. The summed E-state index contributed by atoms with van der Waals surface area (Å²) in [5, 5.41) is -0.0718. The lowest BCUT2D eigenvalue weighted by Crippen LogP contribution is -2.01. The molecule has 0 radical (unpaired) electrons. The summed E-state index contributed by atoms with van der Waals surface area (Å²) in [4.78, 5) is 0. The van der Waals surface area contributed by atoms with Crippen LogP contribution in [0.25, 0.3) is 0 Å². The van der Waals surface area contributed by atoms with E-state index < -0.39 is 17.0 Å². The van der Waals surface area contributed by atoms with E-state index in [0.29, 0.717) is 10.6 Å². The minimum atomic E-state index is -0.670. The van der Waals surface area contributed by atoms with E-state index in [0.717, 1.165) is 17.2 Å². The Morgan fingerprint density at radius 3 is 2.21 bits per heavy atom. The van der Waals surface area contributed by atoms with Gasteiger partial charge in [-0.05, 0) is 48.7 Å². The summed E-state index contributed by atoms with van der Waals surface area (Å²) in [6.07, 6.45) is 0. The predicted octanol–water partition coefficient (Wildman–Crippen LogP) is 5.56. The number of alkyl halides is 1. The first kappa shape index (κ1) is 14.3. The van der Waals surface area contributed by atoms with Crippen LogP contribution >= 0.6 is 23.2 Å². The standard InChI is InChI=1S/C15H12Cl2F2/c1-8-5-10(16)3-4-11(8)15(17)12-6-9(2)13(18)7-14(12)19/h3-7,15H,1-2H3. The topological polar surface area (TPSA) is 0 Å². The quantitative estimate of drug-likeness (QED) is 0.637. The van der Waals surface area contributed by atoms with Crippen LogP contribution < -0.4 is 0 Å². The molecule has 2 aromatic rings. The third-order valence-corrected chi connectivity index (χ3v) is 3.76. The Morgan fingerprint density at radius 1 is 0.895 bits per heavy atom. The van der Waals surface area contributed by atoms with Gasteiger partial charge in [0.05, 0.1) is 5.38 Å². The van der Waals surface area contributed by atoms with Crippen LogP contribution in [0.2, 0.25) is 5.02 Å². The van der Waals surface area contributed by atoms with Crippen LogP contribution in [0, 0.1) is 25.5 Å². The van der Waals surface area contributed by atoms with E-state index >= 15 is 0 Å². The van der Waals surface area contributed by atoms with Crippen molar-refractivity contribution in [1.82, 2.24) is 0 Å². The molecule has 0 fully saturated rings. The van der Waals surface area contributed by atoms with Gasteiger partial charge in [0.25, 0.3) is 0 Å². The Labute approximate surface area is 121 Å². The maximum Gasteiger partial charge on any atom is 0.131 e. The smallest absolute Gasteiger partial charge is 0.131 e. The highest BCUT2D eigenvalue weighted by molar-refractivity contribution is 6.30. The van der Waals surface area contributed by atoms with Gasteiger partial charge in [-0.15, -0.1) is 11.6 Å². The molecule has 1 atom stereocenters. The first-order valence-corrected chi connectivity index (χ1v) is 6.57. The van der Waals surface area contributed by atoms with Crippen LogP contribution in [0.4, 0.5) is 8.78 Å². The van der Waals surface area contributed by atoms with E-state index in [2.05, 4.69) is 0 Å². The first-order valence-electron chi connectivity index (χ1n) is 5.76. The lowest BCUT2D eigenvalue weighted by molar-refractivity contribution is 0.568. The van der Waals surface area contributed by atoms with E-state index in [9.17, 15) is 8.78 Å². The van der Waals surface area contributed by atoms with Crippen LogP contribution in [0.1, 0.15) is 27.6 Å². The van der Waals surface area contributed by atoms with E-state index in [1.807, 2.05) is 6.92 Å². The number of hydrogen-bond acceptors (Lipinski definition) is 0. The molecule has 0 bridgehead atoms. The van der Waals surface area contributed by atoms with Gasteiger partial charge >= 0.3 is 0 Å². The van der Waals surface area contributed by atoms with Crippen molar-refractivity contribution in [2.75, 3.05) is 0 Å². The third-order valence-electron chi connectivity index (χ3n) is 3.06. The summed E-state index contributed by atoms with van der Waals surface area (Å²) in [5.41, 5.74) is 2.27. The largest absolute Gasteiger partial charge is 0.207 e. The van der Waals surface area contributed by atoms with Gasteiger partial charge in [-0.25, -0.2) is 8.78 Å². The SMILES string of the molecule is Cc1cc(C(Cl)c2ccc(Cl)cc2C)c(F)cc1F. The van der Waals surface area contributed by atoms with Crippen LogP contribution in [-0.4, -0.2) is 0 Å². The Kier molecular flexibility index (Phi) is 4.12. The maximum absolute atomic E-state index is 13.8. The molecule has 0 aliphatic heterocycles. The van der Waals surface area contributed by atoms with Gasteiger partial charge in [0.2, 0.25) is 0 Å². The summed E-state index contributed by atoms with van der Waals surface area (Å²) in [6, 6.07) is 7.53. The molecule has 2 aromatic carbocycles. The number of hydrogen-bond donors (Lipinski definition) is 0. The second-order valence-corrected chi connectivity index (χ2v) is 5.36.